The molecule has 0 aliphatic carbocycles. The quantitative estimate of drug-likeness (QED) is 0.848. The first-order chi connectivity index (χ1) is 9.97. The van der Waals surface area contributed by atoms with E-state index in [0.29, 0.717) is 22.7 Å². The van der Waals surface area contributed by atoms with Crippen LogP contribution >= 0.6 is 11.6 Å². The summed E-state index contributed by atoms with van der Waals surface area (Å²) in [4.78, 5) is 12.3. The van der Waals surface area contributed by atoms with Crippen molar-refractivity contribution >= 4 is 23.2 Å². The molecule has 1 amide bonds. The minimum absolute atomic E-state index is 0.0303. The first kappa shape index (κ1) is 15.4. The standard InChI is InChI=1S/C17H19ClN2O/c1-11-7-8-16(19)14(9-11)17(21)20-12(2)10-13-5-3-4-6-15(13)18/h3-9,12H,10,19H2,1-2H3,(H,20,21). The molecule has 0 saturated heterocycles. The van der Waals surface area contributed by atoms with Crippen LogP contribution in [0.1, 0.15) is 28.4 Å². The van der Waals surface area contributed by atoms with Crippen molar-refractivity contribution in [2.45, 2.75) is 26.3 Å². The zero-order chi connectivity index (χ0) is 15.4. The molecule has 1 unspecified atom stereocenters. The number of rotatable bonds is 4. The summed E-state index contributed by atoms with van der Waals surface area (Å²) in [7, 11) is 0. The van der Waals surface area contributed by atoms with Crippen molar-refractivity contribution in [1.29, 1.82) is 0 Å². The van der Waals surface area contributed by atoms with Gasteiger partial charge in [0, 0.05) is 16.8 Å². The molecule has 0 aliphatic rings. The second-order valence-electron chi connectivity index (χ2n) is 5.26. The zero-order valence-electron chi connectivity index (χ0n) is 12.2. The predicted molar refractivity (Wildman–Crippen MR) is 87.7 cm³/mol. The maximum absolute atomic E-state index is 12.3. The molecule has 2 rings (SSSR count). The minimum atomic E-state index is -0.157. The summed E-state index contributed by atoms with van der Waals surface area (Å²) in [6.45, 7) is 3.89. The molecule has 1 atom stereocenters. The van der Waals surface area contributed by atoms with Gasteiger partial charge in [0.1, 0.15) is 0 Å². The fourth-order valence-corrected chi connectivity index (χ4v) is 2.43. The van der Waals surface area contributed by atoms with Crippen LogP contribution in [0, 0.1) is 6.92 Å². The first-order valence-electron chi connectivity index (χ1n) is 6.87. The van der Waals surface area contributed by atoms with E-state index in [-0.39, 0.29) is 11.9 Å². The van der Waals surface area contributed by atoms with E-state index in [1.54, 1.807) is 12.1 Å². The molecule has 2 aromatic carbocycles. The summed E-state index contributed by atoms with van der Waals surface area (Å²) in [5, 5.41) is 3.68. The lowest BCUT2D eigenvalue weighted by molar-refractivity contribution is 0.0941. The van der Waals surface area contributed by atoms with E-state index in [1.807, 2.05) is 44.2 Å². The average Bonchev–Trinajstić information content (AvgIpc) is 2.44. The Morgan fingerprint density at radius 2 is 2.00 bits per heavy atom. The van der Waals surface area contributed by atoms with E-state index in [9.17, 15) is 4.79 Å². The molecule has 4 heteroatoms. The number of benzene rings is 2. The number of nitrogens with one attached hydrogen (secondary N) is 1. The van der Waals surface area contributed by atoms with Gasteiger partial charge in [0.15, 0.2) is 0 Å². The molecule has 0 saturated carbocycles. The Kier molecular flexibility index (Phi) is 4.86. The number of aryl methyl sites for hydroxylation is 1. The molecular weight excluding hydrogens is 284 g/mol. The zero-order valence-corrected chi connectivity index (χ0v) is 12.9. The lowest BCUT2D eigenvalue weighted by Gasteiger charge is -2.16. The van der Waals surface area contributed by atoms with Crippen molar-refractivity contribution in [2.75, 3.05) is 5.73 Å². The van der Waals surface area contributed by atoms with Crippen molar-refractivity contribution < 1.29 is 4.79 Å². The number of amides is 1. The van der Waals surface area contributed by atoms with Crippen LogP contribution < -0.4 is 11.1 Å². The highest BCUT2D eigenvalue weighted by Gasteiger charge is 2.14. The van der Waals surface area contributed by atoms with Crippen LogP contribution in [-0.4, -0.2) is 11.9 Å². The third kappa shape index (κ3) is 3.99. The Bertz CT molecular complexity index is 655. The van der Waals surface area contributed by atoms with E-state index in [2.05, 4.69) is 5.32 Å². The highest BCUT2D eigenvalue weighted by atomic mass is 35.5. The van der Waals surface area contributed by atoms with Gasteiger partial charge in [0.2, 0.25) is 0 Å². The average molecular weight is 303 g/mol. The SMILES string of the molecule is Cc1ccc(N)c(C(=O)NC(C)Cc2ccccc2Cl)c1. The smallest absolute Gasteiger partial charge is 0.253 e. The molecule has 21 heavy (non-hydrogen) atoms. The third-order valence-electron chi connectivity index (χ3n) is 3.31. The number of halogens is 1. The molecule has 3 N–H and O–H groups in total. The summed E-state index contributed by atoms with van der Waals surface area (Å²) < 4.78 is 0. The number of nitrogen functional groups attached to an aromatic ring is 1. The van der Waals surface area contributed by atoms with Crippen molar-refractivity contribution in [1.82, 2.24) is 5.32 Å². The molecule has 110 valence electrons. The summed E-state index contributed by atoms with van der Waals surface area (Å²) in [5.41, 5.74) is 8.89. The third-order valence-corrected chi connectivity index (χ3v) is 3.68. The van der Waals surface area contributed by atoms with Crippen LogP contribution in [0.25, 0.3) is 0 Å². The van der Waals surface area contributed by atoms with E-state index < -0.39 is 0 Å². The summed E-state index contributed by atoms with van der Waals surface area (Å²) in [6, 6.07) is 13.1. The van der Waals surface area contributed by atoms with Gasteiger partial charge < -0.3 is 11.1 Å². The molecule has 0 heterocycles. The number of hydrogen-bond acceptors (Lipinski definition) is 2. The topological polar surface area (TPSA) is 55.1 Å². The highest BCUT2D eigenvalue weighted by molar-refractivity contribution is 6.31. The lowest BCUT2D eigenvalue weighted by Crippen LogP contribution is -2.34. The number of anilines is 1. The second kappa shape index (κ2) is 6.64. The molecule has 0 bridgehead atoms. The monoisotopic (exact) mass is 302 g/mol. The van der Waals surface area contributed by atoms with E-state index in [1.165, 1.54) is 0 Å². The normalized spacial score (nSPS) is 12.0. The molecular formula is C17H19ClN2O. The number of nitrogens with two attached hydrogens (primary N) is 1. The number of hydrogen-bond donors (Lipinski definition) is 2. The van der Waals surface area contributed by atoms with Crippen LogP contribution in [0.4, 0.5) is 5.69 Å². The van der Waals surface area contributed by atoms with Gasteiger partial charge in [-0.2, -0.15) is 0 Å². The van der Waals surface area contributed by atoms with Crippen LogP contribution in [0.2, 0.25) is 5.02 Å². The van der Waals surface area contributed by atoms with Gasteiger partial charge in [0.05, 0.1) is 5.56 Å². The van der Waals surface area contributed by atoms with Crippen LogP contribution in [0.5, 0.6) is 0 Å². The van der Waals surface area contributed by atoms with Gasteiger partial charge in [-0.25, -0.2) is 0 Å². The molecule has 2 aromatic rings. The van der Waals surface area contributed by atoms with Crippen molar-refractivity contribution in [2.24, 2.45) is 0 Å². The summed E-state index contributed by atoms with van der Waals surface area (Å²) in [6.07, 6.45) is 0.678. The number of carbonyl (C=O) groups excluding carboxylic acids is 1. The van der Waals surface area contributed by atoms with Gasteiger partial charge in [-0.05, 0) is 44.0 Å². The van der Waals surface area contributed by atoms with E-state index in [0.717, 1.165) is 11.1 Å². The first-order valence-corrected chi connectivity index (χ1v) is 7.25. The molecule has 0 radical (unpaired) electrons. The molecule has 3 nitrogen and oxygen atoms in total. The fourth-order valence-electron chi connectivity index (χ4n) is 2.21. The van der Waals surface area contributed by atoms with Crippen molar-refractivity contribution in [3.63, 3.8) is 0 Å². The molecule has 0 aromatic heterocycles. The maximum Gasteiger partial charge on any atom is 0.253 e. The van der Waals surface area contributed by atoms with Crippen molar-refractivity contribution in [3.8, 4) is 0 Å². The van der Waals surface area contributed by atoms with Gasteiger partial charge in [-0.1, -0.05) is 41.4 Å². The minimum Gasteiger partial charge on any atom is -0.398 e. The summed E-state index contributed by atoms with van der Waals surface area (Å²) >= 11 is 6.14. The Labute approximate surface area is 130 Å². The van der Waals surface area contributed by atoms with Gasteiger partial charge in [0.25, 0.3) is 5.91 Å². The molecule has 0 spiro atoms. The van der Waals surface area contributed by atoms with Gasteiger partial charge in [-0.15, -0.1) is 0 Å². The van der Waals surface area contributed by atoms with Crippen LogP contribution in [-0.2, 0) is 6.42 Å². The van der Waals surface area contributed by atoms with Crippen LogP contribution in [0.3, 0.4) is 0 Å². The van der Waals surface area contributed by atoms with E-state index in [4.69, 9.17) is 17.3 Å². The Morgan fingerprint density at radius 3 is 2.71 bits per heavy atom. The highest BCUT2D eigenvalue weighted by Crippen LogP contribution is 2.17. The Hall–Kier alpha value is -2.00. The summed E-state index contributed by atoms with van der Waals surface area (Å²) in [5.74, 6) is -0.157. The molecule has 0 fully saturated rings. The van der Waals surface area contributed by atoms with Crippen molar-refractivity contribution in [3.05, 3.63) is 64.2 Å². The van der Waals surface area contributed by atoms with E-state index >= 15 is 0 Å². The largest absolute Gasteiger partial charge is 0.398 e. The van der Waals surface area contributed by atoms with Crippen LogP contribution in [0.15, 0.2) is 42.5 Å². The Morgan fingerprint density at radius 1 is 1.29 bits per heavy atom. The maximum atomic E-state index is 12.3. The fraction of sp³-hybridized carbons (Fsp3) is 0.235. The molecule has 0 aliphatic heterocycles. The van der Waals surface area contributed by atoms with Gasteiger partial charge >= 0.3 is 0 Å². The number of carbonyl (C=O) groups is 1. The Balaban J connectivity index is 2.06. The van der Waals surface area contributed by atoms with Gasteiger partial charge in [-0.3, -0.25) is 4.79 Å². The second-order valence-corrected chi connectivity index (χ2v) is 5.67. The predicted octanol–water partition coefficient (Wildman–Crippen LogP) is 3.59. The lowest BCUT2D eigenvalue weighted by atomic mass is 10.1.